The lowest BCUT2D eigenvalue weighted by Crippen LogP contribution is -2.45. The summed E-state index contributed by atoms with van der Waals surface area (Å²) in [6.45, 7) is 14.5. The fraction of sp³-hybridized carbons (Fsp3) is 0.464. The van der Waals surface area contributed by atoms with Crippen LogP contribution in [0, 0.1) is 24.4 Å². The third-order valence-electron chi connectivity index (χ3n) is 13.6. The van der Waals surface area contributed by atoms with Crippen molar-refractivity contribution in [1.82, 2.24) is 74.4 Å². The molecular formula is C56H59B2Cl3F21N15O7. The Morgan fingerprint density at radius 3 is 1.08 bits per heavy atom. The summed E-state index contributed by atoms with van der Waals surface area (Å²) in [6, 6.07) is 5.89. The number of nitrogens with zero attached hydrogens (tertiary/aromatic N) is 15. The first-order chi connectivity index (χ1) is 45.7. The van der Waals surface area contributed by atoms with Crippen LogP contribution in [0.3, 0.4) is 0 Å². The van der Waals surface area contributed by atoms with Crippen LogP contribution in [0.4, 0.5) is 92.2 Å². The fourth-order valence-electron chi connectivity index (χ4n) is 7.31. The van der Waals surface area contributed by atoms with E-state index in [4.69, 9.17) is 58.9 Å². The highest BCUT2D eigenvalue weighted by Crippen LogP contribution is 2.41. The number of pyridine rings is 3. The van der Waals surface area contributed by atoms with E-state index >= 15 is 0 Å². The van der Waals surface area contributed by atoms with Crippen LogP contribution in [0.25, 0.3) is 39.5 Å². The Hall–Kier alpha value is -8.13. The molecule has 0 saturated carbocycles. The molecule has 104 heavy (non-hydrogen) atoms. The number of hydrogen-bond acceptors (Lipinski definition) is 19. The van der Waals surface area contributed by atoms with Crippen molar-refractivity contribution in [2.45, 2.75) is 170 Å². The van der Waals surface area contributed by atoms with Gasteiger partial charge in [0.25, 0.3) is 35.1 Å². The fourth-order valence-corrected chi connectivity index (χ4v) is 7.82. The van der Waals surface area contributed by atoms with Gasteiger partial charge in [-0.3, -0.25) is 0 Å². The molecule has 48 heteroatoms. The van der Waals surface area contributed by atoms with Gasteiger partial charge in [0.1, 0.15) is 5.69 Å². The maximum atomic E-state index is 14.3. The Labute approximate surface area is 590 Å². The zero-order chi connectivity index (χ0) is 76.9. The summed E-state index contributed by atoms with van der Waals surface area (Å²) in [5.74, 6) is -10.2. The number of alkyl halides is 18. The highest BCUT2D eigenvalue weighted by atomic mass is 35.5. The summed E-state index contributed by atoms with van der Waals surface area (Å²) in [4.78, 5) is 10.7. The SMILES string of the molecule is C.C.C.CB(O)O.CC(C)(Oc1ncc(-c2nn3c(C(F)(F)F)nnc3cc2Cl)cc1F)C(F)(F)F.CC(C)(Oc1ncc(B2OC(C)(C)C(C)(C)O2)cc1F)C(F)(F)F.Cc1cc2nnc(C(F)(F)F)n2nc1-c1cnc(OC(C)(C)C(F)(F)F)c(F)c1.FC(F)(F)c1nnc2cc(Cl)c(Cl)nn12. The number of rotatable bonds is 9. The molecule has 10 rings (SSSR count). The molecule has 22 nitrogen and oxygen atoms in total. The second kappa shape index (κ2) is 31.9. The van der Waals surface area contributed by atoms with Gasteiger partial charge in [-0.2, -0.15) is 108 Å². The molecule has 1 aliphatic heterocycles. The zero-order valence-corrected chi connectivity index (χ0v) is 55.3. The van der Waals surface area contributed by atoms with Crippen LogP contribution in [-0.2, 0) is 27.8 Å². The van der Waals surface area contributed by atoms with Crippen LogP contribution >= 0.6 is 34.8 Å². The van der Waals surface area contributed by atoms with E-state index in [1.54, 1.807) is 0 Å². The number of halogens is 24. The topological polar surface area (TPSA) is 255 Å². The Morgan fingerprint density at radius 1 is 0.452 bits per heavy atom. The van der Waals surface area contributed by atoms with Crippen LogP contribution in [0.15, 0.2) is 55.0 Å². The molecule has 0 aliphatic carbocycles. The van der Waals surface area contributed by atoms with E-state index < -0.39 is 132 Å². The van der Waals surface area contributed by atoms with Gasteiger partial charge in [-0.25, -0.2) is 28.1 Å². The van der Waals surface area contributed by atoms with Crippen molar-refractivity contribution in [1.29, 1.82) is 0 Å². The Balaban J connectivity index is 0.000000357. The molecule has 0 unspecified atom stereocenters. The van der Waals surface area contributed by atoms with Crippen LogP contribution in [0.1, 0.15) is 115 Å². The van der Waals surface area contributed by atoms with Crippen molar-refractivity contribution in [3.63, 3.8) is 0 Å². The summed E-state index contributed by atoms with van der Waals surface area (Å²) in [7, 11) is -2.03. The average molecular weight is 1580 g/mol. The monoisotopic (exact) mass is 1580 g/mol. The van der Waals surface area contributed by atoms with Gasteiger partial charge in [0.15, 0.2) is 56.3 Å². The second-order valence-electron chi connectivity index (χ2n) is 23.3. The van der Waals surface area contributed by atoms with E-state index in [2.05, 4.69) is 70.3 Å². The number of aromatic nitrogens is 15. The first-order valence-electron chi connectivity index (χ1n) is 27.6. The van der Waals surface area contributed by atoms with Crippen molar-refractivity contribution in [2.24, 2.45) is 0 Å². The molecule has 0 bridgehead atoms. The van der Waals surface area contributed by atoms with Crippen LogP contribution in [0.5, 0.6) is 17.6 Å². The Kier molecular flexibility index (Phi) is 27.6. The lowest BCUT2D eigenvalue weighted by molar-refractivity contribution is -0.236. The lowest BCUT2D eigenvalue weighted by Gasteiger charge is -2.32. The molecule has 0 radical (unpaired) electrons. The molecule has 9 aromatic rings. The van der Waals surface area contributed by atoms with Crippen molar-refractivity contribution >= 4 is 71.4 Å². The molecule has 574 valence electrons. The van der Waals surface area contributed by atoms with Gasteiger partial charge in [0.2, 0.25) is 0 Å². The highest BCUT2D eigenvalue weighted by molar-refractivity contribution is 6.62. The standard InChI is InChI=1S/C16H12F7N5O.C15H20BF4NO3.C15H9ClF7N5O.C6HCl2F3N4.CH5BO2.3CH4/c1-7-4-10-25-26-13(15(18,19)20)28(10)27-11(7)8-5-9(17)12(24-6-8)29-14(2,3)16(21,22)23;1-12(2)13(3,4)24-16(23-12)9-7-10(17)11(21-8-9)22-14(5,6)15(18,19)20;1-13(2,15(21,22)23)29-11-8(17)3-6(5-24-11)10-7(16)4-9-25-26-12(14(18,19)20)28(9)27-10;7-2-1-3-12-13-5(6(9,10)11)15(3)14-4(2)8;1-2(3)4;;;/h4-6H,1-3H3;7-8H,1-6H3;3-5H,1-2H3;1H;3-4H,1H3;3*1H4. The van der Waals surface area contributed by atoms with E-state index in [-0.39, 0.29) is 82.4 Å². The predicted octanol–water partition coefficient (Wildman–Crippen LogP) is 15.8. The van der Waals surface area contributed by atoms with Gasteiger partial charge < -0.3 is 33.6 Å². The summed E-state index contributed by atoms with van der Waals surface area (Å²) >= 11 is 17.0. The highest BCUT2D eigenvalue weighted by Gasteiger charge is 2.55. The molecule has 2 N–H and O–H groups in total. The molecule has 1 saturated heterocycles. The quantitative estimate of drug-likeness (QED) is 0.101. The van der Waals surface area contributed by atoms with Gasteiger partial charge >= 0.3 is 51.3 Å². The summed E-state index contributed by atoms with van der Waals surface area (Å²) in [5, 5.41) is 44.6. The zero-order valence-electron chi connectivity index (χ0n) is 53.1. The van der Waals surface area contributed by atoms with Crippen molar-refractivity contribution < 1.29 is 126 Å². The molecule has 0 atom stereocenters. The Bertz CT molecular complexity index is 4270. The number of hydrogen-bond donors (Lipinski definition) is 2. The molecule has 1 aliphatic rings. The summed E-state index contributed by atoms with van der Waals surface area (Å²) in [6.07, 6.45) is -25.6. The maximum Gasteiger partial charge on any atom is 0.496 e. The van der Waals surface area contributed by atoms with E-state index in [1.165, 1.54) is 26.0 Å². The molecule has 0 aromatic carbocycles. The number of fused-ring (bicyclic) bond motifs is 3. The molecular weight excluding hydrogens is 1520 g/mol. The molecule has 1 fully saturated rings. The maximum absolute atomic E-state index is 14.3. The van der Waals surface area contributed by atoms with Gasteiger partial charge in [-0.15, -0.1) is 30.6 Å². The van der Waals surface area contributed by atoms with Crippen LogP contribution in [0.2, 0.25) is 22.0 Å². The predicted molar refractivity (Wildman–Crippen MR) is 332 cm³/mol. The third-order valence-corrected chi connectivity index (χ3v) is 14.6. The average Bonchev–Trinajstić information content (AvgIpc) is 1.71. The summed E-state index contributed by atoms with van der Waals surface area (Å²) < 4.78 is 300. The molecule has 10 heterocycles. The van der Waals surface area contributed by atoms with Gasteiger partial charge in [-0.05, 0) is 113 Å². The minimum atomic E-state index is -4.87. The van der Waals surface area contributed by atoms with Crippen LogP contribution < -0.4 is 19.7 Å². The lowest BCUT2D eigenvalue weighted by atomic mass is 9.80. The van der Waals surface area contributed by atoms with Gasteiger partial charge in [0, 0.05) is 47.3 Å². The summed E-state index contributed by atoms with van der Waals surface area (Å²) in [5.41, 5.74) is -9.95. The minimum absolute atomic E-state index is 0. The van der Waals surface area contributed by atoms with E-state index in [0.717, 1.165) is 50.5 Å². The minimum Gasteiger partial charge on any atom is -0.460 e. The smallest absolute Gasteiger partial charge is 0.460 e. The van der Waals surface area contributed by atoms with E-state index in [1.807, 2.05) is 27.7 Å². The van der Waals surface area contributed by atoms with Gasteiger partial charge in [-0.1, -0.05) is 57.1 Å². The van der Waals surface area contributed by atoms with E-state index in [9.17, 15) is 92.2 Å². The second-order valence-corrected chi connectivity index (χ2v) is 24.5. The number of aryl methyl sites for hydroxylation is 1. The van der Waals surface area contributed by atoms with Crippen molar-refractivity contribution in [3.05, 3.63) is 111 Å². The Morgan fingerprint density at radius 2 is 0.750 bits per heavy atom. The first-order valence-corrected chi connectivity index (χ1v) is 28.7. The van der Waals surface area contributed by atoms with Crippen LogP contribution in [-0.4, -0.2) is 145 Å². The van der Waals surface area contributed by atoms with Crippen molar-refractivity contribution in [3.8, 4) is 40.2 Å². The first kappa shape index (κ1) is 90.1. The molecule has 0 spiro atoms. The van der Waals surface area contributed by atoms with Gasteiger partial charge in [0.05, 0.1) is 26.9 Å². The number of ether oxygens (including phenoxy) is 3. The molecule has 0 amide bonds. The van der Waals surface area contributed by atoms with E-state index in [0.29, 0.717) is 52.9 Å². The molecule has 9 aromatic heterocycles. The third kappa shape index (κ3) is 20.9. The largest absolute Gasteiger partial charge is 0.496 e. The normalized spacial score (nSPS) is 14.1. The van der Waals surface area contributed by atoms with Crippen molar-refractivity contribution in [2.75, 3.05) is 0 Å².